The molecule has 2 aliphatic heterocycles. The van der Waals surface area contributed by atoms with Crippen LogP contribution >= 0.6 is 11.8 Å². The van der Waals surface area contributed by atoms with Gasteiger partial charge in [-0.15, -0.1) is 0 Å². The molecule has 0 radical (unpaired) electrons. The van der Waals surface area contributed by atoms with Gasteiger partial charge in [0.15, 0.2) is 0 Å². The molecule has 1 aromatic heterocycles. The van der Waals surface area contributed by atoms with E-state index in [1.165, 1.54) is 57.9 Å². The van der Waals surface area contributed by atoms with Crippen molar-refractivity contribution in [1.29, 1.82) is 0 Å². The Balaban J connectivity index is 1.16. The zero-order valence-corrected chi connectivity index (χ0v) is 24.1. The van der Waals surface area contributed by atoms with Gasteiger partial charge in [-0.1, -0.05) is 90.6 Å². The molecule has 0 spiro atoms. The van der Waals surface area contributed by atoms with Gasteiger partial charge >= 0.3 is 0 Å². The summed E-state index contributed by atoms with van der Waals surface area (Å²) >= 11 is 2.01. The first kappa shape index (κ1) is 23.4. The van der Waals surface area contributed by atoms with Crippen LogP contribution in [0.15, 0.2) is 107 Å². The zero-order chi connectivity index (χ0) is 27.4. The number of hydrogen-bond acceptors (Lipinski definition) is 4. The Kier molecular flexibility index (Phi) is 4.84. The molecule has 4 aromatic carbocycles. The highest BCUT2D eigenvalue weighted by atomic mass is 32.2. The van der Waals surface area contributed by atoms with Gasteiger partial charge in [0.1, 0.15) is 0 Å². The molecule has 0 bridgehead atoms. The van der Waals surface area contributed by atoms with Crippen LogP contribution in [0.5, 0.6) is 0 Å². The Morgan fingerprint density at radius 3 is 1.88 bits per heavy atom. The molecule has 0 amide bonds. The van der Waals surface area contributed by atoms with E-state index >= 15 is 0 Å². The largest absolute Gasteiger partial charge is 0.303 e. The number of fused-ring (bicyclic) bond motifs is 8. The Labute approximate surface area is 250 Å². The van der Waals surface area contributed by atoms with E-state index in [0.29, 0.717) is 11.8 Å². The fraction of sp³-hybridized carbons (Fsp3) is 0.211. The van der Waals surface area contributed by atoms with Crippen molar-refractivity contribution >= 4 is 23.4 Å². The van der Waals surface area contributed by atoms with E-state index < -0.39 is 0 Å². The molecule has 3 unspecified atom stereocenters. The second kappa shape index (κ2) is 8.68. The summed E-state index contributed by atoms with van der Waals surface area (Å²) in [5.74, 6) is 1.75. The molecule has 4 heteroatoms. The lowest BCUT2D eigenvalue weighted by atomic mass is 9.75. The molecule has 0 saturated heterocycles. The highest BCUT2D eigenvalue weighted by molar-refractivity contribution is 8.03. The van der Waals surface area contributed by atoms with Crippen molar-refractivity contribution in [2.75, 3.05) is 4.90 Å². The lowest BCUT2D eigenvalue weighted by Gasteiger charge is -2.33. The first-order valence-electron chi connectivity index (χ1n) is 15.3. The van der Waals surface area contributed by atoms with E-state index in [-0.39, 0.29) is 6.04 Å². The summed E-state index contributed by atoms with van der Waals surface area (Å²) in [5.41, 5.74) is 14.7. The number of anilines is 2. The topological polar surface area (TPSA) is 29.0 Å². The van der Waals surface area contributed by atoms with E-state index in [1.807, 2.05) is 11.8 Å². The predicted molar refractivity (Wildman–Crippen MR) is 171 cm³/mol. The van der Waals surface area contributed by atoms with E-state index in [0.717, 1.165) is 34.9 Å². The third-order valence-corrected chi connectivity index (χ3v) is 11.4. The molecule has 5 aliphatic rings. The summed E-state index contributed by atoms with van der Waals surface area (Å²) in [6.07, 6.45) is 8.59. The number of rotatable bonds is 3. The quantitative estimate of drug-likeness (QED) is 0.221. The average Bonchev–Trinajstić information content (AvgIpc) is 3.52. The lowest BCUT2D eigenvalue weighted by molar-refractivity contribution is 0.525. The fourth-order valence-electron chi connectivity index (χ4n) is 7.81. The van der Waals surface area contributed by atoms with E-state index in [2.05, 4.69) is 102 Å². The number of aromatic nitrogens is 2. The number of aryl methyl sites for hydroxylation is 4. The molecule has 0 saturated carbocycles. The molecule has 0 N–H and O–H groups in total. The lowest BCUT2D eigenvalue weighted by Crippen LogP contribution is -2.33. The molecule has 3 nitrogen and oxygen atoms in total. The van der Waals surface area contributed by atoms with E-state index in [1.54, 1.807) is 16.7 Å². The predicted octanol–water partition coefficient (Wildman–Crippen LogP) is 8.79. The molecule has 0 fully saturated rings. The number of benzene rings is 4. The van der Waals surface area contributed by atoms with Gasteiger partial charge in [-0.2, -0.15) is 0 Å². The fourth-order valence-corrected chi connectivity index (χ4v) is 9.16. The van der Waals surface area contributed by atoms with Crippen LogP contribution in [-0.2, 0) is 25.7 Å². The van der Waals surface area contributed by atoms with Crippen molar-refractivity contribution in [1.82, 2.24) is 9.97 Å². The summed E-state index contributed by atoms with van der Waals surface area (Å²) in [4.78, 5) is 16.1. The molecular weight excluding hydrogens is 531 g/mol. The monoisotopic (exact) mass is 559 g/mol. The molecule has 42 heavy (non-hydrogen) atoms. The van der Waals surface area contributed by atoms with Crippen LogP contribution < -0.4 is 4.90 Å². The third kappa shape index (κ3) is 3.36. The first-order valence-corrected chi connectivity index (χ1v) is 16.1. The van der Waals surface area contributed by atoms with Gasteiger partial charge in [-0.3, -0.25) is 0 Å². The summed E-state index contributed by atoms with van der Waals surface area (Å²) in [6.45, 7) is 0. The molecule has 3 aliphatic carbocycles. The molecular formula is C38H29N3S. The summed E-state index contributed by atoms with van der Waals surface area (Å²) < 4.78 is 0. The second-order valence-corrected chi connectivity index (χ2v) is 13.6. The normalized spacial score (nSPS) is 22.0. The maximum Gasteiger partial charge on any atom is 0.231 e. The summed E-state index contributed by atoms with van der Waals surface area (Å²) in [5, 5.41) is 0. The zero-order valence-electron chi connectivity index (χ0n) is 23.3. The van der Waals surface area contributed by atoms with E-state index in [4.69, 9.17) is 9.97 Å². The summed E-state index contributed by atoms with van der Waals surface area (Å²) in [6, 6.07) is 33.5. The highest BCUT2D eigenvalue weighted by Gasteiger charge is 2.47. The minimum atomic E-state index is 0.216. The molecule has 10 rings (SSSR count). The van der Waals surface area contributed by atoms with Gasteiger partial charge in [0.2, 0.25) is 5.95 Å². The van der Waals surface area contributed by atoms with Crippen LogP contribution in [0.2, 0.25) is 0 Å². The number of thioether (sulfide) groups is 1. The third-order valence-electron chi connectivity index (χ3n) is 10.2. The van der Waals surface area contributed by atoms with Crippen LogP contribution in [0.1, 0.15) is 51.6 Å². The Bertz CT molecular complexity index is 1900. The number of hydrogen-bond donors (Lipinski definition) is 0. The van der Waals surface area contributed by atoms with Crippen molar-refractivity contribution in [3.63, 3.8) is 0 Å². The van der Waals surface area contributed by atoms with Crippen molar-refractivity contribution in [3.8, 4) is 22.5 Å². The SMILES string of the molecule is C1=C2Sc3cc4c(cc3C2CC2c3cc5c(cc3N(c3nc(-c6ccccc6)cc(-c6ccccc6)n3)C12)CC5)CC4. The molecule has 5 aromatic rings. The second-order valence-electron chi connectivity index (χ2n) is 12.4. The van der Waals surface area contributed by atoms with Gasteiger partial charge in [0.05, 0.1) is 17.4 Å². The van der Waals surface area contributed by atoms with Gasteiger partial charge < -0.3 is 4.90 Å². The maximum absolute atomic E-state index is 5.31. The first-order chi connectivity index (χ1) is 20.8. The van der Waals surface area contributed by atoms with Crippen molar-refractivity contribution < 1.29 is 0 Å². The number of nitrogens with zero attached hydrogens (tertiary/aromatic N) is 3. The minimum absolute atomic E-state index is 0.216. The van der Waals surface area contributed by atoms with Gasteiger partial charge in [0, 0.05) is 33.5 Å². The van der Waals surface area contributed by atoms with Gasteiger partial charge in [0.25, 0.3) is 0 Å². The maximum atomic E-state index is 5.31. The van der Waals surface area contributed by atoms with Crippen LogP contribution in [-0.4, -0.2) is 16.0 Å². The Morgan fingerprint density at radius 2 is 1.24 bits per heavy atom. The highest BCUT2D eigenvalue weighted by Crippen LogP contribution is 2.61. The standard InChI is InChI=1S/C38H29N3S/c1-3-7-22(8-4-1)32-20-33(23-9-5-2-6-10-23)40-38(39-32)41-34-17-26-13-11-24(26)15-28(34)29-19-31-30-16-25-12-14-27(25)18-36(30)42-37(31)21-35(29)41/h1-10,15-18,20-21,29,31,35H,11-14,19H2. The van der Waals surface area contributed by atoms with Gasteiger partial charge in [-0.05, 0) is 88.6 Å². The van der Waals surface area contributed by atoms with Crippen LogP contribution in [0, 0.1) is 0 Å². The average molecular weight is 560 g/mol. The van der Waals surface area contributed by atoms with Crippen molar-refractivity contribution in [2.24, 2.45) is 0 Å². The minimum Gasteiger partial charge on any atom is -0.303 e. The van der Waals surface area contributed by atoms with Crippen LogP contribution in [0.4, 0.5) is 11.6 Å². The van der Waals surface area contributed by atoms with Crippen LogP contribution in [0.3, 0.4) is 0 Å². The van der Waals surface area contributed by atoms with Crippen molar-refractivity contribution in [2.45, 2.75) is 54.9 Å². The summed E-state index contributed by atoms with van der Waals surface area (Å²) in [7, 11) is 0. The smallest absolute Gasteiger partial charge is 0.231 e. The van der Waals surface area contributed by atoms with Crippen LogP contribution in [0.25, 0.3) is 22.5 Å². The Morgan fingerprint density at radius 1 is 0.643 bits per heavy atom. The molecule has 202 valence electrons. The van der Waals surface area contributed by atoms with Crippen molar-refractivity contribution in [3.05, 3.63) is 135 Å². The van der Waals surface area contributed by atoms with Gasteiger partial charge in [-0.25, -0.2) is 9.97 Å². The molecule has 3 atom stereocenters. The number of allylic oxidation sites excluding steroid dienone is 1. The van der Waals surface area contributed by atoms with E-state index in [9.17, 15) is 0 Å². The Hall–Kier alpha value is -4.15. The molecule has 3 heterocycles.